The van der Waals surface area contributed by atoms with Crippen LogP contribution >= 0.6 is 11.8 Å². The van der Waals surface area contributed by atoms with Gasteiger partial charge in [-0.15, -0.1) is 11.8 Å². The predicted octanol–water partition coefficient (Wildman–Crippen LogP) is 2.85. The molecule has 1 amide bonds. The number of carbonyl (C=O) groups excluding carboxylic acids is 1. The summed E-state index contributed by atoms with van der Waals surface area (Å²) in [5.41, 5.74) is 0.661. The average molecular weight is 267 g/mol. The number of hydrogen-bond donors (Lipinski definition) is 2. The molecule has 0 saturated carbocycles. The van der Waals surface area contributed by atoms with Crippen molar-refractivity contribution in [2.45, 2.75) is 30.9 Å². The van der Waals surface area contributed by atoms with E-state index in [2.05, 4.69) is 5.32 Å². The van der Waals surface area contributed by atoms with E-state index in [4.69, 9.17) is 5.11 Å². The zero-order valence-electron chi connectivity index (χ0n) is 10.6. The van der Waals surface area contributed by atoms with Crippen molar-refractivity contribution in [1.82, 2.24) is 0 Å². The Labute approximate surface area is 111 Å². The van der Waals surface area contributed by atoms with Crippen LogP contribution in [0.4, 0.5) is 5.69 Å². The zero-order chi connectivity index (χ0) is 13.7. The molecule has 1 unspecified atom stereocenters. The summed E-state index contributed by atoms with van der Waals surface area (Å²) >= 11 is 1.22. The second-order valence-electron chi connectivity index (χ2n) is 4.24. The van der Waals surface area contributed by atoms with Gasteiger partial charge in [0.1, 0.15) is 5.25 Å². The first-order valence-corrected chi connectivity index (χ1v) is 6.59. The highest BCUT2D eigenvalue weighted by Gasteiger charge is 2.16. The summed E-state index contributed by atoms with van der Waals surface area (Å²) in [4.78, 5) is 23.2. The Morgan fingerprint density at radius 2 is 1.83 bits per heavy atom. The van der Waals surface area contributed by atoms with Crippen LogP contribution in [0.5, 0.6) is 0 Å². The standard InChI is InChI=1S/C13H17NO3S/c1-8(2)12(15)14-10-6-4-5-7-11(10)18-9(3)13(16)17/h4-9H,1-3H3,(H,14,15)(H,16,17). The molecule has 0 fully saturated rings. The first-order chi connectivity index (χ1) is 8.41. The van der Waals surface area contributed by atoms with Gasteiger partial charge in [0.05, 0.1) is 5.69 Å². The summed E-state index contributed by atoms with van der Waals surface area (Å²) in [5, 5.41) is 11.1. The van der Waals surface area contributed by atoms with Gasteiger partial charge in [-0.2, -0.15) is 0 Å². The number of carbonyl (C=O) groups is 2. The number of anilines is 1. The van der Waals surface area contributed by atoms with Crippen molar-refractivity contribution in [3.05, 3.63) is 24.3 Å². The Morgan fingerprint density at radius 3 is 2.39 bits per heavy atom. The second kappa shape index (κ2) is 6.44. The van der Waals surface area contributed by atoms with Gasteiger partial charge in [0.15, 0.2) is 0 Å². The van der Waals surface area contributed by atoms with Crippen LogP contribution in [0.15, 0.2) is 29.2 Å². The summed E-state index contributed by atoms with van der Waals surface area (Å²) in [6, 6.07) is 7.21. The van der Waals surface area contributed by atoms with Crippen LogP contribution in [-0.4, -0.2) is 22.2 Å². The molecule has 1 atom stereocenters. The number of carboxylic acids is 1. The number of nitrogens with one attached hydrogen (secondary N) is 1. The molecule has 4 nitrogen and oxygen atoms in total. The highest BCUT2D eigenvalue weighted by atomic mass is 32.2. The van der Waals surface area contributed by atoms with Crippen molar-refractivity contribution in [3.63, 3.8) is 0 Å². The van der Waals surface area contributed by atoms with Gasteiger partial charge in [-0.05, 0) is 19.1 Å². The SMILES string of the molecule is CC(C)C(=O)Nc1ccccc1SC(C)C(=O)O. The molecule has 0 radical (unpaired) electrons. The highest BCUT2D eigenvalue weighted by molar-refractivity contribution is 8.00. The summed E-state index contributed by atoms with van der Waals surface area (Å²) in [7, 11) is 0. The maximum absolute atomic E-state index is 11.6. The second-order valence-corrected chi connectivity index (χ2v) is 5.62. The van der Waals surface area contributed by atoms with Gasteiger partial charge >= 0.3 is 5.97 Å². The third-order valence-electron chi connectivity index (χ3n) is 2.32. The lowest BCUT2D eigenvalue weighted by atomic mass is 10.2. The van der Waals surface area contributed by atoms with Crippen molar-refractivity contribution < 1.29 is 14.7 Å². The molecular weight excluding hydrogens is 250 g/mol. The zero-order valence-corrected chi connectivity index (χ0v) is 11.5. The fourth-order valence-electron chi connectivity index (χ4n) is 1.19. The van der Waals surface area contributed by atoms with Crippen molar-refractivity contribution >= 4 is 29.3 Å². The summed E-state index contributed by atoms with van der Waals surface area (Å²) in [6.45, 7) is 5.24. The van der Waals surface area contributed by atoms with E-state index >= 15 is 0 Å². The lowest BCUT2D eigenvalue weighted by Crippen LogP contribution is -2.18. The van der Waals surface area contributed by atoms with Crippen molar-refractivity contribution in [3.8, 4) is 0 Å². The normalized spacial score (nSPS) is 12.2. The van der Waals surface area contributed by atoms with Crippen molar-refractivity contribution in [2.24, 2.45) is 5.92 Å². The lowest BCUT2D eigenvalue weighted by molar-refractivity contribution is -0.136. The van der Waals surface area contributed by atoms with Gasteiger partial charge in [0.25, 0.3) is 0 Å². The molecular formula is C13H17NO3S. The maximum Gasteiger partial charge on any atom is 0.316 e. The fourth-order valence-corrected chi connectivity index (χ4v) is 2.08. The van der Waals surface area contributed by atoms with E-state index in [-0.39, 0.29) is 11.8 Å². The molecule has 98 valence electrons. The monoisotopic (exact) mass is 267 g/mol. The van der Waals surface area contributed by atoms with E-state index in [9.17, 15) is 9.59 Å². The smallest absolute Gasteiger partial charge is 0.316 e. The first kappa shape index (κ1) is 14.6. The quantitative estimate of drug-likeness (QED) is 0.805. The molecule has 1 aromatic carbocycles. The first-order valence-electron chi connectivity index (χ1n) is 5.71. The molecule has 0 aliphatic rings. The Morgan fingerprint density at radius 1 is 1.22 bits per heavy atom. The molecule has 0 aliphatic heterocycles. The van der Waals surface area contributed by atoms with Gasteiger partial charge in [-0.3, -0.25) is 9.59 Å². The molecule has 0 heterocycles. The number of aliphatic carboxylic acids is 1. The van der Waals surface area contributed by atoms with Gasteiger partial charge < -0.3 is 10.4 Å². The molecule has 1 rings (SSSR count). The summed E-state index contributed by atoms with van der Waals surface area (Å²) in [5.74, 6) is -1.06. The van der Waals surface area contributed by atoms with E-state index in [0.717, 1.165) is 4.90 Å². The Balaban J connectivity index is 2.86. The molecule has 0 aromatic heterocycles. The number of thioether (sulfide) groups is 1. The third-order valence-corrected chi connectivity index (χ3v) is 3.49. The number of rotatable bonds is 5. The minimum absolute atomic E-state index is 0.0778. The van der Waals surface area contributed by atoms with Crippen molar-refractivity contribution in [2.75, 3.05) is 5.32 Å². The number of hydrogen-bond acceptors (Lipinski definition) is 3. The van der Waals surface area contributed by atoms with E-state index in [1.165, 1.54) is 11.8 Å². The van der Waals surface area contributed by atoms with Crippen LogP contribution in [0.3, 0.4) is 0 Å². The van der Waals surface area contributed by atoms with Crippen LogP contribution < -0.4 is 5.32 Å². The molecule has 0 spiro atoms. The molecule has 0 bridgehead atoms. The largest absolute Gasteiger partial charge is 0.480 e. The van der Waals surface area contributed by atoms with E-state index in [0.29, 0.717) is 5.69 Å². The van der Waals surface area contributed by atoms with E-state index in [1.54, 1.807) is 19.1 Å². The minimum Gasteiger partial charge on any atom is -0.480 e. The molecule has 0 saturated heterocycles. The molecule has 2 N–H and O–H groups in total. The number of carboxylic acid groups (broad SMARTS) is 1. The highest BCUT2D eigenvalue weighted by Crippen LogP contribution is 2.30. The van der Waals surface area contributed by atoms with E-state index < -0.39 is 11.2 Å². The topological polar surface area (TPSA) is 66.4 Å². The van der Waals surface area contributed by atoms with Crippen LogP contribution in [-0.2, 0) is 9.59 Å². The average Bonchev–Trinajstić information content (AvgIpc) is 2.31. The lowest BCUT2D eigenvalue weighted by Gasteiger charge is -2.13. The van der Waals surface area contributed by atoms with Crippen LogP contribution in [0.25, 0.3) is 0 Å². The van der Waals surface area contributed by atoms with Gasteiger partial charge in [-0.1, -0.05) is 26.0 Å². The molecule has 0 aliphatic carbocycles. The third kappa shape index (κ3) is 4.07. The Hall–Kier alpha value is -1.49. The number of benzene rings is 1. The molecule has 5 heteroatoms. The van der Waals surface area contributed by atoms with Gasteiger partial charge in [-0.25, -0.2) is 0 Å². The Kier molecular flexibility index (Phi) is 5.22. The van der Waals surface area contributed by atoms with Crippen LogP contribution in [0, 0.1) is 5.92 Å². The maximum atomic E-state index is 11.6. The van der Waals surface area contributed by atoms with E-state index in [1.807, 2.05) is 26.0 Å². The van der Waals surface area contributed by atoms with Crippen molar-refractivity contribution in [1.29, 1.82) is 0 Å². The molecule has 1 aromatic rings. The Bertz CT molecular complexity index is 446. The molecule has 18 heavy (non-hydrogen) atoms. The van der Waals surface area contributed by atoms with Gasteiger partial charge in [0, 0.05) is 10.8 Å². The number of para-hydroxylation sites is 1. The van der Waals surface area contributed by atoms with Crippen LogP contribution in [0.1, 0.15) is 20.8 Å². The number of amides is 1. The van der Waals surface area contributed by atoms with Crippen LogP contribution in [0.2, 0.25) is 0 Å². The minimum atomic E-state index is -0.870. The van der Waals surface area contributed by atoms with Gasteiger partial charge in [0.2, 0.25) is 5.91 Å². The summed E-state index contributed by atoms with van der Waals surface area (Å²) < 4.78 is 0. The fraction of sp³-hybridized carbons (Fsp3) is 0.385. The predicted molar refractivity (Wildman–Crippen MR) is 72.9 cm³/mol. The summed E-state index contributed by atoms with van der Waals surface area (Å²) in [6.07, 6.45) is 0.